The Kier molecular flexibility index (Phi) is 4.18. The van der Waals surface area contributed by atoms with Crippen LogP contribution in [0.1, 0.15) is 33.1 Å². The number of hydrogen-bond acceptors (Lipinski definition) is 5. The summed E-state index contributed by atoms with van der Waals surface area (Å²) in [5.41, 5.74) is 0.294. The smallest absolute Gasteiger partial charge is 0.251 e. The van der Waals surface area contributed by atoms with Gasteiger partial charge in [0.25, 0.3) is 5.91 Å². The van der Waals surface area contributed by atoms with Gasteiger partial charge in [0, 0.05) is 19.3 Å². The second-order valence-electron chi connectivity index (χ2n) is 5.31. The molecule has 0 bridgehead atoms. The Morgan fingerprint density at radius 3 is 2.53 bits per heavy atom. The largest absolute Gasteiger partial charge is 0.353 e. The monoisotopic (exact) mass is 283 g/mol. The van der Waals surface area contributed by atoms with E-state index in [4.69, 9.17) is 0 Å². The van der Waals surface area contributed by atoms with Crippen LogP contribution in [0.4, 0.5) is 0 Å². The average Bonchev–Trinajstić information content (AvgIpc) is 2.68. The Labute approximate surface area is 118 Å². The SMILES string of the molecule is CCC1(CC)CN=C(NC2CC(=O)N(C)C2=O)SC1. The summed E-state index contributed by atoms with van der Waals surface area (Å²) < 4.78 is 0. The molecule has 1 saturated heterocycles. The third-order valence-corrected chi connectivity index (χ3v) is 5.53. The second kappa shape index (κ2) is 5.53. The molecule has 1 fully saturated rings. The number of likely N-dealkylation sites (tertiary alicyclic amines) is 1. The molecule has 19 heavy (non-hydrogen) atoms. The molecule has 1 N–H and O–H groups in total. The van der Waals surface area contributed by atoms with Gasteiger partial charge < -0.3 is 5.32 Å². The zero-order chi connectivity index (χ0) is 14.0. The van der Waals surface area contributed by atoms with Crippen molar-refractivity contribution < 1.29 is 9.59 Å². The number of likely N-dealkylation sites (N-methyl/N-ethyl adjacent to an activating group) is 1. The highest BCUT2D eigenvalue weighted by Crippen LogP contribution is 2.35. The van der Waals surface area contributed by atoms with Crippen LogP contribution in [-0.4, -0.2) is 47.3 Å². The Hall–Kier alpha value is -1.04. The van der Waals surface area contributed by atoms with E-state index in [0.29, 0.717) is 5.41 Å². The van der Waals surface area contributed by atoms with Gasteiger partial charge in [-0.1, -0.05) is 25.6 Å². The van der Waals surface area contributed by atoms with Crippen LogP contribution in [0.15, 0.2) is 4.99 Å². The lowest BCUT2D eigenvalue weighted by molar-refractivity contribution is -0.137. The standard InChI is InChI=1S/C13H21N3O2S/c1-4-13(5-2)7-14-12(19-8-13)15-9-6-10(17)16(3)11(9)18/h9H,4-8H2,1-3H3,(H,14,15). The van der Waals surface area contributed by atoms with Gasteiger partial charge in [-0.2, -0.15) is 0 Å². The minimum atomic E-state index is -0.431. The predicted octanol–water partition coefficient (Wildman–Crippen LogP) is 1.24. The summed E-state index contributed by atoms with van der Waals surface area (Å²) in [5, 5.41) is 3.92. The third kappa shape index (κ3) is 2.78. The van der Waals surface area contributed by atoms with Gasteiger partial charge in [0.1, 0.15) is 6.04 Å². The molecule has 106 valence electrons. The molecule has 5 nitrogen and oxygen atoms in total. The van der Waals surface area contributed by atoms with Gasteiger partial charge in [-0.05, 0) is 18.3 Å². The Balaban J connectivity index is 1.97. The molecule has 0 radical (unpaired) electrons. The summed E-state index contributed by atoms with van der Waals surface area (Å²) in [4.78, 5) is 29.0. The normalized spacial score (nSPS) is 26.6. The first kappa shape index (κ1) is 14.4. The summed E-state index contributed by atoms with van der Waals surface area (Å²) in [7, 11) is 1.53. The molecule has 1 atom stereocenters. The third-order valence-electron chi connectivity index (χ3n) is 4.25. The fourth-order valence-electron chi connectivity index (χ4n) is 2.33. The van der Waals surface area contributed by atoms with Crippen LogP contribution in [0.25, 0.3) is 0 Å². The summed E-state index contributed by atoms with van der Waals surface area (Å²) in [6, 6.07) is -0.431. The molecule has 2 rings (SSSR count). The first-order valence-electron chi connectivity index (χ1n) is 6.75. The van der Waals surface area contributed by atoms with Crippen LogP contribution < -0.4 is 5.32 Å². The fourth-order valence-corrected chi connectivity index (χ4v) is 3.66. The van der Waals surface area contributed by atoms with E-state index >= 15 is 0 Å². The molecular weight excluding hydrogens is 262 g/mol. The van der Waals surface area contributed by atoms with Crippen molar-refractivity contribution in [1.82, 2.24) is 10.2 Å². The van der Waals surface area contributed by atoms with E-state index in [2.05, 4.69) is 24.2 Å². The molecule has 0 saturated carbocycles. The highest BCUT2D eigenvalue weighted by molar-refractivity contribution is 8.13. The van der Waals surface area contributed by atoms with Gasteiger partial charge in [0.2, 0.25) is 5.91 Å². The number of rotatable bonds is 3. The Morgan fingerprint density at radius 2 is 2.11 bits per heavy atom. The number of amides is 2. The van der Waals surface area contributed by atoms with E-state index in [0.717, 1.165) is 30.3 Å². The molecule has 2 amide bonds. The maximum Gasteiger partial charge on any atom is 0.251 e. The van der Waals surface area contributed by atoms with Crippen molar-refractivity contribution in [2.24, 2.45) is 10.4 Å². The predicted molar refractivity (Wildman–Crippen MR) is 77.1 cm³/mol. The van der Waals surface area contributed by atoms with Gasteiger partial charge in [-0.15, -0.1) is 0 Å². The molecule has 0 aromatic carbocycles. The number of thioether (sulfide) groups is 1. The number of carbonyl (C=O) groups is 2. The first-order chi connectivity index (χ1) is 9.01. The number of amidine groups is 1. The topological polar surface area (TPSA) is 61.8 Å². The molecule has 0 spiro atoms. The average molecular weight is 283 g/mol. The van der Waals surface area contributed by atoms with E-state index in [1.807, 2.05) is 0 Å². The zero-order valence-corrected chi connectivity index (χ0v) is 12.5. The van der Waals surface area contributed by atoms with Crippen molar-refractivity contribution in [1.29, 1.82) is 0 Å². The van der Waals surface area contributed by atoms with Crippen molar-refractivity contribution in [3.63, 3.8) is 0 Å². The van der Waals surface area contributed by atoms with Crippen LogP contribution in [0, 0.1) is 5.41 Å². The van der Waals surface area contributed by atoms with Crippen molar-refractivity contribution in [3.8, 4) is 0 Å². The molecule has 2 aliphatic rings. The van der Waals surface area contributed by atoms with E-state index in [-0.39, 0.29) is 18.2 Å². The van der Waals surface area contributed by atoms with Crippen molar-refractivity contribution in [2.75, 3.05) is 19.3 Å². The van der Waals surface area contributed by atoms with Crippen LogP contribution in [0.5, 0.6) is 0 Å². The van der Waals surface area contributed by atoms with Gasteiger partial charge >= 0.3 is 0 Å². The minimum Gasteiger partial charge on any atom is -0.353 e. The van der Waals surface area contributed by atoms with Gasteiger partial charge in [0.15, 0.2) is 5.17 Å². The molecule has 6 heteroatoms. The molecule has 0 aromatic heterocycles. The molecular formula is C13H21N3O2S. The van der Waals surface area contributed by atoms with Crippen LogP contribution >= 0.6 is 11.8 Å². The number of hydrogen-bond donors (Lipinski definition) is 1. The van der Waals surface area contributed by atoms with Crippen LogP contribution in [0.2, 0.25) is 0 Å². The summed E-state index contributed by atoms with van der Waals surface area (Å²) >= 11 is 1.67. The molecule has 2 aliphatic heterocycles. The molecule has 0 aromatic rings. The molecule has 1 unspecified atom stereocenters. The van der Waals surface area contributed by atoms with E-state index in [1.54, 1.807) is 11.8 Å². The second-order valence-corrected chi connectivity index (χ2v) is 6.27. The van der Waals surface area contributed by atoms with Crippen LogP contribution in [-0.2, 0) is 9.59 Å². The van der Waals surface area contributed by atoms with E-state index < -0.39 is 6.04 Å². The highest BCUT2D eigenvalue weighted by Gasteiger charge is 2.38. The van der Waals surface area contributed by atoms with Crippen molar-refractivity contribution in [2.45, 2.75) is 39.2 Å². The maximum atomic E-state index is 11.8. The van der Waals surface area contributed by atoms with Gasteiger partial charge in [-0.3, -0.25) is 19.5 Å². The maximum absolute atomic E-state index is 11.8. The lowest BCUT2D eigenvalue weighted by Gasteiger charge is -2.33. The quantitative estimate of drug-likeness (QED) is 0.792. The minimum absolute atomic E-state index is 0.125. The molecule has 2 heterocycles. The van der Waals surface area contributed by atoms with Gasteiger partial charge in [-0.25, -0.2) is 0 Å². The van der Waals surface area contributed by atoms with Crippen LogP contribution in [0.3, 0.4) is 0 Å². The van der Waals surface area contributed by atoms with E-state index in [9.17, 15) is 9.59 Å². The fraction of sp³-hybridized carbons (Fsp3) is 0.769. The summed E-state index contributed by atoms with van der Waals surface area (Å²) in [6.07, 6.45) is 2.48. The number of nitrogens with zero attached hydrogens (tertiary/aromatic N) is 2. The summed E-state index contributed by atoms with van der Waals surface area (Å²) in [6.45, 7) is 5.21. The number of nitrogens with one attached hydrogen (secondary N) is 1. The zero-order valence-electron chi connectivity index (χ0n) is 11.7. The van der Waals surface area contributed by atoms with Gasteiger partial charge in [0.05, 0.1) is 6.42 Å². The number of imide groups is 1. The van der Waals surface area contributed by atoms with Crippen molar-refractivity contribution >= 4 is 28.7 Å². The lowest BCUT2D eigenvalue weighted by atomic mass is 9.84. The Bertz CT molecular complexity index is 418. The number of carbonyl (C=O) groups excluding carboxylic acids is 2. The van der Waals surface area contributed by atoms with E-state index in [1.165, 1.54) is 11.9 Å². The first-order valence-corrected chi connectivity index (χ1v) is 7.74. The lowest BCUT2D eigenvalue weighted by Crippen LogP contribution is -2.42. The Morgan fingerprint density at radius 1 is 1.42 bits per heavy atom. The number of aliphatic imine (C=N–C) groups is 1. The molecule has 0 aliphatic carbocycles. The summed E-state index contributed by atoms with van der Waals surface area (Å²) in [5.74, 6) is 0.743. The highest BCUT2D eigenvalue weighted by atomic mass is 32.2. The van der Waals surface area contributed by atoms with Crippen molar-refractivity contribution in [3.05, 3.63) is 0 Å².